The third kappa shape index (κ3) is 4.85. The number of hydrogen-bond acceptors (Lipinski definition) is 5. The average Bonchev–Trinajstić information content (AvgIpc) is 3.14. The van der Waals surface area contributed by atoms with E-state index in [4.69, 9.17) is 4.74 Å². The van der Waals surface area contributed by atoms with E-state index in [0.29, 0.717) is 18.0 Å². The summed E-state index contributed by atoms with van der Waals surface area (Å²) in [5, 5.41) is 4.39. The summed E-state index contributed by atoms with van der Waals surface area (Å²) in [6.07, 6.45) is 5.64. The van der Waals surface area contributed by atoms with Crippen molar-refractivity contribution in [2.24, 2.45) is 5.92 Å². The maximum absolute atomic E-state index is 13.1. The van der Waals surface area contributed by atoms with Gasteiger partial charge in [0.05, 0.1) is 11.5 Å². The van der Waals surface area contributed by atoms with Crippen molar-refractivity contribution >= 4 is 21.4 Å². The van der Waals surface area contributed by atoms with Gasteiger partial charge in [-0.2, -0.15) is 4.31 Å². The van der Waals surface area contributed by atoms with Gasteiger partial charge < -0.3 is 10.1 Å². The number of nitrogens with one attached hydrogen (secondary N) is 1. The first-order valence-electron chi connectivity index (χ1n) is 10.5. The molecule has 1 atom stereocenters. The van der Waals surface area contributed by atoms with E-state index in [1.165, 1.54) is 24.1 Å². The van der Waals surface area contributed by atoms with E-state index in [9.17, 15) is 8.42 Å². The van der Waals surface area contributed by atoms with Crippen molar-refractivity contribution < 1.29 is 13.2 Å². The number of hydrogen-bond donors (Lipinski definition) is 1. The zero-order valence-corrected chi connectivity index (χ0v) is 18.7. The number of rotatable bonds is 7. The largest absolute Gasteiger partial charge is 0.484 e. The second-order valence-corrected chi connectivity index (χ2v) is 11.1. The van der Waals surface area contributed by atoms with Crippen molar-refractivity contribution in [3.8, 4) is 5.06 Å². The van der Waals surface area contributed by atoms with Crippen LogP contribution in [-0.4, -0.2) is 39.0 Å². The summed E-state index contributed by atoms with van der Waals surface area (Å²) in [6, 6.07) is 9.25. The second-order valence-electron chi connectivity index (χ2n) is 8.07. The lowest BCUT2D eigenvalue weighted by Gasteiger charge is -2.26. The second kappa shape index (κ2) is 9.16. The molecular formula is C22H30N2O3S2. The molecule has 0 saturated carbocycles. The van der Waals surface area contributed by atoms with Gasteiger partial charge in [0.15, 0.2) is 5.06 Å². The Labute approximate surface area is 178 Å². The first-order valence-corrected chi connectivity index (χ1v) is 12.8. The maximum atomic E-state index is 13.1. The minimum absolute atomic E-state index is 0.410. The summed E-state index contributed by atoms with van der Waals surface area (Å²) in [4.78, 5) is 1.67. The molecule has 0 bridgehead atoms. The van der Waals surface area contributed by atoms with Crippen LogP contribution in [0.4, 0.5) is 0 Å². The van der Waals surface area contributed by atoms with Gasteiger partial charge in [0.1, 0.15) is 0 Å². The highest BCUT2D eigenvalue weighted by Gasteiger charge is 2.30. The van der Waals surface area contributed by atoms with E-state index in [0.717, 1.165) is 54.6 Å². The Hall–Kier alpha value is -1.41. The van der Waals surface area contributed by atoms with Crippen LogP contribution in [0.2, 0.25) is 0 Å². The molecular weight excluding hydrogens is 404 g/mol. The molecule has 0 amide bonds. The lowest BCUT2D eigenvalue weighted by atomic mass is 9.95. The van der Waals surface area contributed by atoms with Gasteiger partial charge in [-0.1, -0.05) is 18.2 Å². The number of nitrogens with zero attached hydrogens (tertiary/aromatic N) is 1. The molecule has 29 heavy (non-hydrogen) atoms. The molecule has 0 spiro atoms. The lowest BCUT2D eigenvalue weighted by Crippen LogP contribution is -2.35. The van der Waals surface area contributed by atoms with E-state index < -0.39 is 10.0 Å². The fraction of sp³-hybridized carbons (Fsp3) is 0.545. The normalized spacial score (nSPS) is 20.4. The molecule has 1 saturated heterocycles. The van der Waals surface area contributed by atoms with E-state index >= 15 is 0 Å². The van der Waals surface area contributed by atoms with Gasteiger partial charge in [0.2, 0.25) is 10.0 Å². The number of fused-ring (bicyclic) bond motifs is 1. The summed E-state index contributed by atoms with van der Waals surface area (Å²) in [7, 11) is -3.47. The van der Waals surface area contributed by atoms with Crippen LogP contribution in [0.15, 0.2) is 35.2 Å². The van der Waals surface area contributed by atoms with Crippen LogP contribution in [0.3, 0.4) is 0 Å². The van der Waals surface area contributed by atoms with E-state index in [1.54, 1.807) is 27.8 Å². The van der Waals surface area contributed by atoms with Crippen molar-refractivity contribution in [2.45, 2.75) is 50.5 Å². The topological polar surface area (TPSA) is 58.6 Å². The van der Waals surface area contributed by atoms with Gasteiger partial charge in [-0.15, -0.1) is 11.3 Å². The summed E-state index contributed by atoms with van der Waals surface area (Å²) in [5.41, 5.74) is 1.88. The fourth-order valence-corrected chi connectivity index (χ4v) is 6.93. The first kappa shape index (κ1) is 20.8. The molecule has 2 aliphatic heterocycles. The number of ether oxygens (including phenoxy) is 1. The Kier molecular flexibility index (Phi) is 6.59. The van der Waals surface area contributed by atoms with Crippen LogP contribution in [0.5, 0.6) is 5.06 Å². The Morgan fingerprint density at radius 3 is 2.97 bits per heavy atom. The Bertz CT molecular complexity index is 933. The number of sulfonamides is 1. The van der Waals surface area contributed by atoms with Crippen LogP contribution in [-0.2, 0) is 23.0 Å². The molecule has 158 valence electrons. The fourth-order valence-electron chi connectivity index (χ4n) is 4.26. The van der Waals surface area contributed by atoms with Crippen molar-refractivity contribution in [2.75, 3.05) is 26.2 Å². The van der Waals surface area contributed by atoms with E-state index in [1.807, 2.05) is 25.1 Å². The smallest absolute Gasteiger partial charge is 0.243 e. The third-order valence-corrected chi connectivity index (χ3v) is 9.08. The van der Waals surface area contributed by atoms with Gasteiger partial charge in [-0.05, 0) is 81.3 Å². The summed E-state index contributed by atoms with van der Waals surface area (Å²) < 4.78 is 33.8. The van der Waals surface area contributed by atoms with Crippen LogP contribution in [0.25, 0.3) is 0 Å². The summed E-state index contributed by atoms with van der Waals surface area (Å²) in [6.45, 7) is 5.84. The molecule has 1 aromatic heterocycles. The molecule has 1 aromatic carbocycles. The molecule has 0 aliphatic carbocycles. The predicted molar refractivity (Wildman–Crippen MR) is 117 cm³/mol. The highest BCUT2D eigenvalue weighted by molar-refractivity contribution is 7.89. The van der Waals surface area contributed by atoms with Crippen molar-refractivity contribution in [1.82, 2.24) is 9.62 Å². The van der Waals surface area contributed by atoms with Crippen molar-refractivity contribution in [1.29, 1.82) is 0 Å². The molecule has 0 radical (unpaired) electrons. The quantitative estimate of drug-likeness (QED) is 0.670. The van der Waals surface area contributed by atoms with Gasteiger partial charge in [0, 0.05) is 18.0 Å². The maximum Gasteiger partial charge on any atom is 0.243 e. The monoisotopic (exact) mass is 434 g/mol. The Morgan fingerprint density at radius 2 is 2.17 bits per heavy atom. The minimum Gasteiger partial charge on any atom is -0.484 e. The van der Waals surface area contributed by atoms with Crippen LogP contribution in [0.1, 0.15) is 41.7 Å². The van der Waals surface area contributed by atoms with Crippen LogP contribution in [0, 0.1) is 12.8 Å². The number of benzene rings is 1. The molecule has 2 aromatic rings. The molecule has 7 heteroatoms. The number of piperidine rings is 1. The first-order chi connectivity index (χ1) is 14.0. The summed E-state index contributed by atoms with van der Waals surface area (Å²) in [5.74, 6) is 0.782. The van der Waals surface area contributed by atoms with E-state index in [-0.39, 0.29) is 0 Å². The van der Waals surface area contributed by atoms with Crippen molar-refractivity contribution in [3.05, 3.63) is 46.3 Å². The minimum atomic E-state index is -3.47. The standard InChI is InChI=1S/C22H30N2O3S2/c1-17-6-2-3-9-21(17)29(25,26)24-12-10-20-19(16-24)14-22(28-20)27-13-5-8-18-7-4-11-23-15-18/h2-3,6,9,14,18,23H,4-5,7-8,10-13,15-16H2,1H3. The molecule has 1 N–H and O–H groups in total. The molecule has 4 rings (SSSR count). The van der Waals surface area contributed by atoms with Gasteiger partial charge in [-0.3, -0.25) is 0 Å². The van der Waals surface area contributed by atoms with Crippen LogP contribution < -0.4 is 10.1 Å². The molecule has 2 aliphatic rings. The average molecular weight is 435 g/mol. The highest BCUT2D eigenvalue weighted by Crippen LogP contribution is 2.35. The number of thiophene rings is 1. The van der Waals surface area contributed by atoms with Gasteiger partial charge in [-0.25, -0.2) is 8.42 Å². The molecule has 1 unspecified atom stereocenters. The highest BCUT2D eigenvalue weighted by atomic mass is 32.2. The van der Waals surface area contributed by atoms with Gasteiger partial charge >= 0.3 is 0 Å². The molecule has 3 heterocycles. The Morgan fingerprint density at radius 1 is 1.31 bits per heavy atom. The number of aryl methyl sites for hydroxylation is 1. The summed E-state index contributed by atoms with van der Waals surface area (Å²) >= 11 is 1.68. The molecule has 5 nitrogen and oxygen atoms in total. The SMILES string of the molecule is Cc1ccccc1S(=O)(=O)N1CCc2sc(OCCCC3CCCNC3)cc2C1. The zero-order chi connectivity index (χ0) is 20.3. The third-order valence-electron chi connectivity index (χ3n) is 5.92. The molecule has 1 fully saturated rings. The van der Waals surface area contributed by atoms with Crippen molar-refractivity contribution in [3.63, 3.8) is 0 Å². The lowest BCUT2D eigenvalue weighted by molar-refractivity contribution is 0.280. The zero-order valence-electron chi connectivity index (χ0n) is 17.0. The van der Waals surface area contributed by atoms with Crippen LogP contribution >= 0.6 is 11.3 Å². The Balaban J connectivity index is 1.34. The van der Waals surface area contributed by atoms with Gasteiger partial charge in [0.25, 0.3) is 0 Å². The predicted octanol–water partition coefficient (Wildman–Crippen LogP) is 3.96. The van der Waals surface area contributed by atoms with E-state index in [2.05, 4.69) is 5.32 Å².